The van der Waals surface area contributed by atoms with E-state index in [-0.39, 0.29) is 17.6 Å². The Hall–Kier alpha value is -5.21. The van der Waals surface area contributed by atoms with Crippen LogP contribution in [0.25, 0.3) is 22.0 Å². The molecule has 0 bridgehead atoms. The van der Waals surface area contributed by atoms with Crippen molar-refractivity contribution in [3.63, 3.8) is 0 Å². The maximum atomic E-state index is 13.1. The van der Waals surface area contributed by atoms with Gasteiger partial charge in [0.2, 0.25) is 0 Å². The second-order valence-corrected chi connectivity index (χ2v) is 16.9. The molecule has 322 valence electrons. The molecule has 1 N–H and O–H groups in total. The smallest absolute Gasteiger partial charge is 0.335 e. The van der Waals surface area contributed by atoms with Crippen molar-refractivity contribution in [3.8, 4) is 11.1 Å². The number of anilines is 1. The number of carbonyl (C=O) groups excluding carboxylic acids is 2. The highest BCUT2D eigenvalue weighted by atomic mass is 35.5. The third-order valence-corrected chi connectivity index (χ3v) is 12.8. The number of carbonyl (C=O) groups is 3. The summed E-state index contributed by atoms with van der Waals surface area (Å²) in [6.07, 6.45) is 7.27. The van der Waals surface area contributed by atoms with Crippen LogP contribution in [0.5, 0.6) is 0 Å². The van der Waals surface area contributed by atoms with Crippen molar-refractivity contribution in [3.05, 3.63) is 110 Å². The molecule has 4 aromatic heterocycles. The Kier molecular flexibility index (Phi) is 13.5. The van der Waals surface area contributed by atoms with Gasteiger partial charge >= 0.3 is 5.97 Å². The van der Waals surface area contributed by atoms with Crippen molar-refractivity contribution >= 4 is 58.1 Å². The molecule has 7 rings (SSSR count). The first-order valence-electron chi connectivity index (χ1n) is 20.7. The number of ether oxygens (including phenoxy) is 1. The average molecular weight is 871 g/mol. The van der Waals surface area contributed by atoms with Gasteiger partial charge in [0.05, 0.1) is 45.6 Å². The molecule has 15 heteroatoms. The topological polar surface area (TPSA) is 139 Å². The van der Waals surface area contributed by atoms with Gasteiger partial charge in [-0.15, -0.1) is 0 Å². The van der Waals surface area contributed by atoms with E-state index >= 15 is 0 Å². The third-order valence-electron chi connectivity index (χ3n) is 11.8. The van der Waals surface area contributed by atoms with E-state index in [2.05, 4.69) is 15.5 Å². The molecule has 1 atom stereocenters. The molecule has 5 heterocycles. The second-order valence-electron chi connectivity index (χ2n) is 16.1. The Morgan fingerprint density at radius 2 is 1.82 bits per heavy atom. The summed E-state index contributed by atoms with van der Waals surface area (Å²) in [5, 5.41) is 17.1. The fourth-order valence-electron chi connectivity index (χ4n) is 8.73. The lowest BCUT2D eigenvalue weighted by molar-refractivity contribution is 0.0694. The lowest BCUT2D eigenvalue weighted by atomic mass is 9.98. The summed E-state index contributed by atoms with van der Waals surface area (Å²) < 4.78 is 15.6. The first-order chi connectivity index (χ1) is 29.2. The van der Waals surface area contributed by atoms with Crippen LogP contribution in [0.15, 0.2) is 69.3 Å². The third kappa shape index (κ3) is 9.35. The minimum Gasteiger partial charge on any atom is -0.478 e. The van der Waals surface area contributed by atoms with Gasteiger partial charge in [-0.3, -0.25) is 14.3 Å². The SMILES string of the molecule is CC1=CC(OCCCc2c(C=O)n(CCCN(C)Cc3cc(C(=O)O)cc(N4CCN(C(=O)c5ccco5)CC4)n3)c3c(-c4c(C)nn(C)c4C)c(Cl)ccc23)CC(C)=C1Cl. The number of halogens is 2. The quantitative estimate of drug-likeness (QED) is 0.0759. The molecule has 13 nitrogen and oxygen atoms in total. The number of nitrogens with zero attached hydrogens (tertiary/aromatic N) is 7. The van der Waals surface area contributed by atoms with Crippen LogP contribution < -0.4 is 4.90 Å². The fraction of sp³-hybridized carbons (Fsp3) is 0.413. The van der Waals surface area contributed by atoms with Crippen LogP contribution in [0.1, 0.15) is 87.2 Å². The van der Waals surface area contributed by atoms with E-state index in [4.69, 9.17) is 42.4 Å². The number of pyridine rings is 1. The predicted octanol–water partition coefficient (Wildman–Crippen LogP) is 8.48. The zero-order chi connectivity index (χ0) is 43.5. The first-order valence-corrected chi connectivity index (χ1v) is 21.5. The number of carboxylic acid groups (broad SMARTS) is 1. The van der Waals surface area contributed by atoms with Crippen molar-refractivity contribution in [2.45, 2.75) is 72.6 Å². The number of hydrogen-bond donors (Lipinski definition) is 1. The molecule has 0 spiro atoms. The molecule has 0 radical (unpaired) electrons. The number of aldehydes is 1. The Balaban J connectivity index is 1.09. The van der Waals surface area contributed by atoms with Crippen LogP contribution in [-0.4, -0.2) is 105 Å². The standard InChI is InChI=1S/C46H53Cl2N7O6/c1-28-22-34(23-29(2)43(28)48)60-20-7-10-35-36-12-13-37(47)42(41-30(3)50-52(6)31(41)4)44(36)55(38(35)27-56)15-9-14-51(5)26-33-24-32(46(58)59)25-40(49-33)53-16-18-54(19-17-53)45(57)39-11-8-21-61-39/h8,11-13,21-22,24-25,27,34H,7,9-10,14-20,23,26H2,1-6H3,(H,58,59). The number of fused-ring (bicyclic) bond motifs is 1. The van der Waals surface area contributed by atoms with Crippen LogP contribution in [0.3, 0.4) is 0 Å². The Labute approximate surface area is 366 Å². The number of hydrogen-bond acceptors (Lipinski definition) is 9. The van der Waals surface area contributed by atoms with Crippen molar-refractivity contribution in [1.29, 1.82) is 0 Å². The molecule has 0 saturated carbocycles. The number of benzene rings is 1. The molecule has 1 unspecified atom stereocenters. The normalized spacial score (nSPS) is 16.0. The van der Waals surface area contributed by atoms with E-state index in [0.29, 0.717) is 99.7 Å². The van der Waals surface area contributed by atoms with Gasteiger partial charge in [-0.1, -0.05) is 40.9 Å². The van der Waals surface area contributed by atoms with Gasteiger partial charge in [-0.2, -0.15) is 5.10 Å². The minimum atomic E-state index is -1.03. The molecular weight excluding hydrogens is 817 g/mol. The summed E-state index contributed by atoms with van der Waals surface area (Å²) in [4.78, 5) is 49.0. The van der Waals surface area contributed by atoms with Crippen LogP contribution in [0, 0.1) is 13.8 Å². The van der Waals surface area contributed by atoms with Gasteiger partial charge in [0.25, 0.3) is 5.91 Å². The van der Waals surface area contributed by atoms with Crippen molar-refractivity contribution < 1.29 is 28.6 Å². The Morgan fingerprint density at radius 3 is 2.48 bits per heavy atom. The van der Waals surface area contributed by atoms with Gasteiger partial charge in [-0.05, 0) is 108 Å². The Bertz CT molecular complexity index is 2510. The summed E-state index contributed by atoms with van der Waals surface area (Å²) in [6.45, 7) is 12.1. The van der Waals surface area contributed by atoms with E-state index in [0.717, 1.165) is 67.9 Å². The van der Waals surface area contributed by atoms with Crippen LogP contribution in [-0.2, 0) is 31.3 Å². The van der Waals surface area contributed by atoms with Crippen LogP contribution >= 0.6 is 23.2 Å². The molecule has 1 aliphatic heterocycles. The average Bonchev–Trinajstić information content (AvgIpc) is 3.94. The zero-order valence-electron chi connectivity index (χ0n) is 35.6. The van der Waals surface area contributed by atoms with E-state index in [1.807, 2.05) is 63.5 Å². The van der Waals surface area contributed by atoms with Gasteiger partial charge in [0.1, 0.15) is 5.82 Å². The van der Waals surface area contributed by atoms with Crippen LogP contribution in [0.2, 0.25) is 5.02 Å². The van der Waals surface area contributed by atoms with Gasteiger partial charge in [-0.25, -0.2) is 9.78 Å². The highest BCUT2D eigenvalue weighted by Gasteiger charge is 2.27. The molecule has 1 saturated heterocycles. The molecule has 1 fully saturated rings. The van der Waals surface area contributed by atoms with E-state index < -0.39 is 5.97 Å². The van der Waals surface area contributed by atoms with Crippen molar-refractivity contribution in [2.24, 2.45) is 7.05 Å². The zero-order valence-corrected chi connectivity index (χ0v) is 37.1. The molecule has 1 amide bonds. The summed E-state index contributed by atoms with van der Waals surface area (Å²) in [6, 6.07) is 10.5. The summed E-state index contributed by atoms with van der Waals surface area (Å²) in [7, 11) is 3.90. The lowest BCUT2D eigenvalue weighted by Gasteiger charge is -2.35. The predicted molar refractivity (Wildman–Crippen MR) is 238 cm³/mol. The molecular formula is C46H53Cl2N7O6. The number of allylic oxidation sites excluding steroid dienone is 2. The van der Waals surface area contributed by atoms with Crippen LogP contribution in [0.4, 0.5) is 5.82 Å². The van der Waals surface area contributed by atoms with Gasteiger partial charge in [0, 0.05) is 80.2 Å². The minimum absolute atomic E-state index is 0.0392. The molecule has 61 heavy (non-hydrogen) atoms. The maximum absolute atomic E-state index is 13.1. The van der Waals surface area contributed by atoms with E-state index in [9.17, 15) is 19.5 Å². The number of aromatic nitrogens is 4. The number of aromatic carboxylic acids is 1. The monoisotopic (exact) mass is 869 g/mol. The summed E-state index contributed by atoms with van der Waals surface area (Å²) in [5.41, 5.74) is 9.04. The molecule has 1 aromatic carbocycles. The number of carboxylic acids is 1. The highest BCUT2D eigenvalue weighted by Crippen LogP contribution is 2.42. The number of aryl methyl sites for hydroxylation is 4. The van der Waals surface area contributed by atoms with Crippen molar-refractivity contribution in [1.82, 2.24) is 29.1 Å². The molecule has 5 aromatic rings. The number of furan rings is 1. The van der Waals surface area contributed by atoms with E-state index in [1.54, 1.807) is 29.2 Å². The number of amides is 1. The van der Waals surface area contributed by atoms with Crippen molar-refractivity contribution in [2.75, 3.05) is 51.3 Å². The second kappa shape index (κ2) is 18.8. The summed E-state index contributed by atoms with van der Waals surface area (Å²) in [5.74, 6) is -0.345. The van der Waals surface area contributed by atoms with Gasteiger partial charge in [0.15, 0.2) is 12.0 Å². The number of piperazine rings is 1. The number of rotatable bonds is 16. The molecule has 1 aliphatic carbocycles. The Morgan fingerprint density at radius 1 is 1.05 bits per heavy atom. The first kappa shape index (κ1) is 43.9. The largest absolute Gasteiger partial charge is 0.478 e. The highest BCUT2D eigenvalue weighted by molar-refractivity contribution is 6.35. The molecule has 2 aliphatic rings. The van der Waals surface area contributed by atoms with Gasteiger partial charge < -0.3 is 33.5 Å². The summed E-state index contributed by atoms with van der Waals surface area (Å²) >= 11 is 13.5. The maximum Gasteiger partial charge on any atom is 0.335 e. The van der Waals surface area contributed by atoms with E-state index in [1.165, 1.54) is 6.26 Å². The fourth-order valence-corrected chi connectivity index (χ4v) is 9.12. The lowest BCUT2D eigenvalue weighted by Crippen LogP contribution is -2.49.